The molecular formula is C18H36N2O7S. The summed E-state index contributed by atoms with van der Waals surface area (Å²) in [6, 6.07) is -0.105. The molecule has 1 saturated carbocycles. The highest BCUT2D eigenvalue weighted by atomic mass is 32.2. The molecule has 166 valence electrons. The maximum atomic E-state index is 11.5. The molecule has 0 bridgehead atoms. The first kappa shape index (κ1) is 26.8. The number of aliphatic carboxylic acids is 1. The Morgan fingerprint density at radius 3 is 2.07 bits per heavy atom. The Labute approximate surface area is 168 Å². The average Bonchev–Trinajstić information content (AvgIpc) is 2.43. The highest BCUT2D eigenvalue weighted by Crippen LogP contribution is 2.17. The molecule has 0 aromatic heterocycles. The van der Waals surface area contributed by atoms with Crippen molar-refractivity contribution >= 4 is 22.2 Å². The molecule has 1 fully saturated rings. The zero-order valence-electron chi connectivity index (χ0n) is 17.6. The minimum atomic E-state index is -4.22. The molecule has 28 heavy (non-hydrogen) atoms. The molecule has 1 aliphatic rings. The number of carboxylic acids is 1. The van der Waals surface area contributed by atoms with E-state index >= 15 is 0 Å². The molecule has 0 unspecified atom stereocenters. The fraction of sp³-hybridized carbons (Fsp3) is 0.889. The van der Waals surface area contributed by atoms with Crippen molar-refractivity contribution in [2.75, 3.05) is 27.7 Å². The van der Waals surface area contributed by atoms with Crippen LogP contribution in [0.5, 0.6) is 0 Å². The van der Waals surface area contributed by atoms with Gasteiger partial charge in [0, 0.05) is 12.5 Å². The number of carbonyl (C=O) groups excluding carboxylic acids is 1. The van der Waals surface area contributed by atoms with E-state index < -0.39 is 22.4 Å². The van der Waals surface area contributed by atoms with Gasteiger partial charge in [0.2, 0.25) is 0 Å². The van der Waals surface area contributed by atoms with Crippen molar-refractivity contribution in [2.45, 2.75) is 70.9 Å². The molecule has 0 aromatic rings. The molecule has 0 heterocycles. The summed E-state index contributed by atoms with van der Waals surface area (Å²) in [5, 5.41) is 8.78. The van der Waals surface area contributed by atoms with Gasteiger partial charge in [0.15, 0.2) is 16.4 Å². The van der Waals surface area contributed by atoms with Crippen LogP contribution in [0.2, 0.25) is 0 Å². The van der Waals surface area contributed by atoms with Crippen LogP contribution in [-0.2, 0) is 24.6 Å². The van der Waals surface area contributed by atoms with E-state index in [2.05, 4.69) is 4.72 Å². The SMILES string of the molecule is CC(C)CC(=O)O[C@H](CC(=O)O)C[N+](C)(C)C.O=S(=O)([O-])NC1CCCCC1. The summed E-state index contributed by atoms with van der Waals surface area (Å²) in [5.41, 5.74) is 0. The molecule has 0 amide bonds. The van der Waals surface area contributed by atoms with Gasteiger partial charge in [-0.1, -0.05) is 33.1 Å². The highest BCUT2D eigenvalue weighted by Gasteiger charge is 2.24. The predicted octanol–water partition coefficient (Wildman–Crippen LogP) is 1.49. The monoisotopic (exact) mass is 424 g/mol. The van der Waals surface area contributed by atoms with Gasteiger partial charge in [0.25, 0.3) is 0 Å². The molecule has 10 heteroatoms. The van der Waals surface area contributed by atoms with Crippen molar-refractivity contribution < 1.29 is 36.9 Å². The van der Waals surface area contributed by atoms with E-state index in [1.54, 1.807) is 0 Å². The predicted molar refractivity (Wildman–Crippen MR) is 104 cm³/mol. The average molecular weight is 425 g/mol. The van der Waals surface area contributed by atoms with Crippen LogP contribution in [0.1, 0.15) is 58.8 Å². The second-order valence-corrected chi connectivity index (χ2v) is 9.83. The van der Waals surface area contributed by atoms with Crippen LogP contribution >= 0.6 is 0 Å². The van der Waals surface area contributed by atoms with Gasteiger partial charge >= 0.3 is 11.9 Å². The molecule has 1 rings (SSSR count). The molecule has 0 aromatic carbocycles. The molecule has 2 N–H and O–H groups in total. The third-order valence-electron chi connectivity index (χ3n) is 3.94. The number of rotatable bonds is 9. The summed E-state index contributed by atoms with van der Waals surface area (Å²) in [4.78, 5) is 22.2. The van der Waals surface area contributed by atoms with Crippen molar-refractivity contribution in [1.82, 2.24) is 4.72 Å². The van der Waals surface area contributed by atoms with Gasteiger partial charge in [-0.05, 0) is 18.8 Å². The fourth-order valence-corrected chi connectivity index (χ4v) is 3.59. The maximum absolute atomic E-state index is 11.5. The van der Waals surface area contributed by atoms with Gasteiger partial charge in [-0.25, -0.2) is 13.1 Å². The van der Waals surface area contributed by atoms with Gasteiger partial charge in [0.1, 0.15) is 6.54 Å². The Hall–Kier alpha value is -1.23. The van der Waals surface area contributed by atoms with Gasteiger partial charge in [-0.3, -0.25) is 9.59 Å². The zero-order chi connectivity index (χ0) is 22.0. The van der Waals surface area contributed by atoms with Gasteiger partial charge in [0.05, 0.1) is 27.6 Å². The lowest BCUT2D eigenvalue weighted by Crippen LogP contribution is -2.43. The molecule has 1 atom stereocenters. The molecule has 0 saturated heterocycles. The summed E-state index contributed by atoms with van der Waals surface area (Å²) in [5.74, 6) is -1.04. The molecule has 1 aliphatic carbocycles. The summed E-state index contributed by atoms with van der Waals surface area (Å²) in [6.45, 7) is 4.34. The third-order valence-corrected chi connectivity index (χ3v) is 4.56. The first-order valence-electron chi connectivity index (χ1n) is 9.63. The van der Waals surface area contributed by atoms with E-state index in [0.717, 1.165) is 32.1 Å². The number of nitrogens with zero attached hydrogens (tertiary/aromatic N) is 1. The van der Waals surface area contributed by atoms with Crippen LogP contribution in [0, 0.1) is 5.92 Å². The largest absolute Gasteiger partial charge is 0.735 e. The number of hydrogen-bond donors (Lipinski definition) is 2. The van der Waals surface area contributed by atoms with Crippen LogP contribution in [0.15, 0.2) is 0 Å². The van der Waals surface area contributed by atoms with Crippen LogP contribution in [-0.4, -0.2) is 74.3 Å². The third kappa shape index (κ3) is 16.9. The lowest BCUT2D eigenvalue weighted by molar-refractivity contribution is -0.873. The van der Waals surface area contributed by atoms with Gasteiger partial charge in [-0.15, -0.1) is 0 Å². The summed E-state index contributed by atoms with van der Waals surface area (Å²) in [6.07, 6.45) is 4.44. The van der Waals surface area contributed by atoms with Crippen molar-refractivity contribution in [2.24, 2.45) is 5.92 Å². The van der Waals surface area contributed by atoms with Crippen LogP contribution in [0.3, 0.4) is 0 Å². The first-order valence-corrected chi connectivity index (χ1v) is 11.0. The Bertz CT molecular complexity index is 579. The van der Waals surface area contributed by atoms with E-state index in [1.807, 2.05) is 35.0 Å². The second-order valence-electron chi connectivity index (χ2n) is 8.69. The summed E-state index contributed by atoms with van der Waals surface area (Å²) in [7, 11) is 1.58. The van der Waals surface area contributed by atoms with Crippen molar-refractivity contribution in [3.8, 4) is 0 Å². The molecule has 0 aliphatic heterocycles. The van der Waals surface area contributed by atoms with Crippen LogP contribution in [0.25, 0.3) is 0 Å². The maximum Gasteiger partial charge on any atom is 0.307 e. The zero-order valence-corrected chi connectivity index (χ0v) is 18.5. The van der Waals surface area contributed by atoms with Crippen LogP contribution < -0.4 is 4.72 Å². The fourth-order valence-electron chi connectivity index (χ4n) is 2.94. The van der Waals surface area contributed by atoms with E-state index in [9.17, 15) is 22.6 Å². The number of carbonyl (C=O) groups is 2. The van der Waals surface area contributed by atoms with Crippen molar-refractivity contribution in [3.05, 3.63) is 0 Å². The normalized spacial score (nSPS) is 16.8. The minimum Gasteiger partial charge on any atom is -0.735 e. The smallest absolute Gasteiger partial charge is 0.307 e. The standard InChI is InChI=1S/C12H23NO4.C6H13NO3S/c1-9(2)6-12(16)17-10(7-11(14)15)8-13(3,4)5;8-11(9,10)7-6-4-2-1-3-5-6/h9-10H,6-8H2,1-5H3;6-7H,1-5H2,(H,8,9,10)/t10-;/m1./s1. The topological polar surface area (TPSA) is 133 Å². The Kier molecular flexibility index (Phi) is 11.8. The van der Waals surface area contributed by atoms with Gasteiger partial charge < -0.3 is 18.9 Å². The van der Waals surface area contributed by atoms with E-state index in [4.69, 9.17) is 9.84 Å². The number of ether oxygens (including phenoxy) is 1. The first-order chi connectivity index (χ1) is 12.7. The van der Waals surface area contributed by atoms with E-state index in [0.29, 0.717) is 17.4 Å². The molecule has 0 spiro atoms. The molecule has 0 radical (unpaired) electrons. The van der Waals surface area contributed by atoms with Crippen LogP contribution in [0.4, 0.5) is 0 Å². The number of nitrogens with one attached hydrogen (secondary N) is 1. The number of quaternary nitrogens is 1. The number of esters is 1. The Balaban J connectivity index is 0.000000567. The Morgan fingerprint density at radius 2 is 1.68 bits per heavy atom. The lowest BCUT2D eigenvalue weighted by Gasteiger charge is -2.28. The van der Waals surface area contributed by atoms with Crippen molar-refractivity contribution in [3.63, 3.8) is 0 Å². The summed E-state index contributed by atoms with van der Waals surface area (Å²) < 4.78 is 38.5. The second kappa shape index (κ2) is 12.4. The summed E-state index contributed by atoms with van der Waals surface area (Å²) >= 11 is 0. The number of hydrogen-bond acceptors (Lipinski definition) is 6. The number of carboxylic acid groups (broad SMARTS) is 1. The molecule has 9 nitrogen and oxygen atoms in total. The highest BCUT2D eigenvalue weighted by molar-refractivity contribution is 7.83. The minimum absolute atomic E-state index is 0.105. The van der Waals surface area contributed by atoms with Gasteiger partial charge in [-0.2, -0.15) is 0 Å². The van der Waals surface area contributed by atoms with E-state index in [1.165, 1.54) is 0 Å². The number of likely N-dealkylation sites (N-methyl/N-ethyl adjacent to an activating group) is 1. The van der Waals surface area contributed by atoms with E-state index in [-0.39, 0.29) is 24.3 Å². The molecular weight excluding hydrogens is 388 g/mol. The van der Waals surface area contributed by atoms with Crippen molar-refractivity contribution in [1.29, 1.82) is 0 Å². The lowest BCUT2D eigenvalue weighted by atomic mass is 9.96. The quantitative estimate of drug-likeness (QED) is 0.325. The Morgan fingerprint density at radius 1 is 1.14 bits per heavy atom.